The Morgan fingerprint density at radius 1 is 1.12 bits per heavy atom. The van der Waals surface area contributed by atoms with Crippen molar-refractivity contribution < 1.29 is 14.0 Å². The third-order valence-electron chi connectivity index (χ3n) is 3.49. The molecule has 4 nitrogen and oxygen atoms in total. The van der Waals surface area contributed by atoms with Crippen LogP contribution in [0.3, 0.4) is 0 Å². The Kier molecular flexibility index (Phi) is 6.32. The first-order valence-electron chi connectivity index (χ1n) is 7.50. The van der Waals surface area contributed by atoms with Crippen LogP contribution >= 0.6 is 11.6 Å². The lowest BCUT2D eigenvalue weighted by atomic mass is 10.2. The van der Waals surface area contributed by atoms with Crippen molar-refractivity contribution in [2.24, 2.45) is 0 Å². The summed E-state index contributed by atoms with van der Waals surface area (Å²) < 4.78 is 12.9. The van der Waals surface area contributed by atoms with Crippen LogP contribution in [0.2, 0.25) is 5.02 Å². The molecule has 24 heavy (non-hydrogen) atoms. The van der Waals surface area contributed by atoms with Gasteiger partial charge in [0.15, 0.2) is 0 Å². The van der Waals surface area contributed by atoms with Crippen LogP contribution in [0.25, 0.3) is 0 Å². The fourth-order valence-corrected chi connectivity index (χ4v) is 2.35. The molecule has 2 aromatic carbocycles. The number of para-hydroxylation sites is 1. The van der Waals surface area contributed by atoms with Gasteiger partial charge in [-0.15, -0.1) is 0 Å². The molecule has 0 aromatic heterocycles. The Balaban J connectivity index is 1.91. The summed E-state index contributed by atoms with van der Waals surface area (Å²) >= 11 is 5.99. The maximum atomic E-state index is 12.9. The highest BCUT2D eigenvalue weighted by atomic mass is 35.5. The molecule has 0 fully saturated rings. The molecule has 0 heterocycles. The molecule has 126 valence electrons. The number of carbonyl (C=O) groups is 2. The zero-order chi connectivity index (χ0) is 17.5. The molecule has 1 N–H and O–H groups in total. The van der Waals surface area contributed by atoms with E-state index < -0.39 is 0 Å². The van der Waals surface area contributed by atoms with Crippen molar-refractivity contribution in [3.05, 3.63) is 64.9 Å². The third kappa shape index (κ3) is 5.35. The van der Waals surface area contributed by atoms with E-state index in [4.69, 9.17) is 11.6 Å². The fourth-order valence-electron chi connectivity index (χ4n) is 2.17. The highest BCUT2D eigenvalue weighted by Gasteiger charge is 2.13. The number of carbonyl (C=O) groups excluding carboxylic acids is 2. The Hall–Kier alpha value is -2.40. The highest BCUT2D eigenvalue weighted by molar-refractivity contribution is 6.33. The van der Waals surface area contributed by atoms with Gasteiger partial charge in [0.25, 0.3) is 0 Å². The first kappa shape index (κ1) is 17.9. The number of amides is 2. The summed E-state index contributed by atoms with van der Waals surface area (Å²) in [6.07, 6.45) is 0.145. The van der Waals surface area contributed by atoms with Crippen molar-refractivity contribution in [2.75, 3.05) is 11.9 Å². The predicted octanol–water partition coefficient (Wildman–Crippen LogP) is 3.86. The Morgan fingerprint density at radius 2 is 1.79 bits per heavy atom. The SMILES string of the molecule is CC(=O)N(CCC(=O)Nc1ccccc1Cl)Cc1ccc(F)cc1. The van der Waals surface area contributed by atoms with Crippen molar-refractivity contribution in [1.29, 1.82) is 0 Å². The van der Waals surface area contributed by atoms with E-state index in [1.807, 2.05) is 0 Å². The molecule has 0 unspecified atom stereocenters. The fraction of sp³-hybridized carbons (Fsp3) is 0.222. The van der Waals surface area contributed by atoms with Crippen LogP contribution in [0.1, 0.15) is 18.9 Å². The quantitative estimate of drug-likeness (QED) is 0.861. The largest absolute Gasteiger partial charge is 0.338 e. The van der Waals surface area contributed by atoms with Gasteiger partial charge in [0.2, 0.25) is 11.8 Å². The molecule has 0 spiro atoms. The van der Waals surface area contributed by atoms with Crippen molar-refractivity contribution in [2.45, 2.75) is 19.9 Å². The van der Waals surface area contributed by atoms with Crippen LogP contribution in [0.5, 0.6) is 0 Å². The lowest BCUT2D eigenvalue weighted by Gasteiger charge is -2.21. The number of nitrogens with one attached hydrogen (secondary N) is 1. The van der Waals surface area contributed by atoms with E-state index in [1.54, 1.807) is 41.3 Å². The standard InChI is InChI=1S/C18H18ClFN2O2/c1-13(23)22(12-14-6-8-15(20)9-7-14)11-10-18(24)21-17-5-3-2-4-16(17)19/h2-9H,10-12H2,1H3,(H,21,24). The second-order valence-electron chi connectivity index (χ2n) is 5.35. The minimum atomic E-state index is -0.327. The van der Waals surface area contributed by atoms with Gasteiger partial charge in [0.1, 0.15) is 5.82 Å². The van der Waals surface area contributed by atoms with Gasteiger partial charge in [-0.25, -0.2) is 4.39 Å². The maximum absolute atomic E-state index is 12.9. The van der Waals surface area contributed by atoms with Gasteiger partial charge in [-0.2, -0.15) is 0 Å². The first-order chi connectivity index (χ1) is 11.5. The van der Waals surface area contributed by atoms with E-state index >= 15 is 0 Å². The summed E-state index contributed by atoms with van der Waals surface area (Å²) in [5.41, 5.74) is 1.34. The molecule has 0 bridgehead atoms. The Morgan fingerprint density at radius 3 is 2.42 bits per heavy atom. The van der Waals surface area contributed by atoms with Crippen LogP contribution < -0.4 is 5.32 Å². The van der Waals surface area contributed by atoms with Crippen molar-refractivity contribution >= 4 is 29.1 Å². The first-order valence-corrected chi connectivity index (χ1v) is 7.88. The monoisotopic (exact) mass is 348 g/mol. The zero-order valence-electron chi connectivity index (χ0n) is 13.3. The number of halogens is 2. The van der Waals surface area contributed by atoms with Crippen molar-refractivity contribution in [1.82, 2.24) is 4.90 Å². The number of anilines is 1. The summed E-state index contributed by atoms with van der Waals surface area (Å²) in [4.78, 5) is 25.3. The van der Waals surface area contributed by atoms with Gasteiger partial charge < -0.3 is 10.2 Å². The molecule has 6 heteroatoms. The molecule has 0 aliphatic rings. The third-order valence-corrected chi connectivity index (χ3v) is 3.82. The van der Waals surface area contributed by atoms with Crippen LogP contribution in [0.4, 0.5) is 10.1 Å². The van der Waals surface area contributed by atoms with Gasteiger partial charge in [0, 0.05) is 26.4 Å². The van der Waals surface area contributed by atoms with Crippen molar-refractivity contribution in [3.63, 3.8) is 0 Å². The van der Waals surface area contributed by atoms with E-state index in [9.17, 15) is 14.0 Å². The average Bonchev–Trinajstić information content (AvgIpc) is 2.55. The summed E-state index contributed by atoms with van der Waals surface area (Å²) in [6.45, 7) is 2.04. The molecule has 2 amide bonds. The molecule has 0 saturated carbocycles. The van der Waals surface area contributed by atoms with Gasteiger partial charge in [-0.3, -0.25) is 9.59 Å². The van der Waals surface area contributed by atoms with Gasteiger partial charge in [0.05, 0.1) is 10.7 Å². The summed E-state index contributed by atoms with van der Waals surface area (Å²) in [6, 6.07) is 12.9. The Labute approximate surface area is 145 Å². The number of hydrogen-bond acceptors (Lipinski definition) is 2. The van der Waals surface area contributed by atoms with E-state index in [0.29, 0.717) is 17.3 Å². The number of rotatable bonds is 6. The lowest BCUT2D eigenvalue weighted by Crippen LogP contribution is -2.31. The van der Waals surface area contributed by atoms with E-state index in [0.717, 1.165) is 5.56 Å². The lowest BCUT2D eigenvalue weighted by molar-refractivity contribution is -0.129. The minimum Gasteiger partial charge on any atom is -0.338 e. The second-order valence-corrected chi connectivity index (χ2v) is 5.75. The molecular weight excluding hydrogens is 331 g/mol. The summed E-state index contributed by atoms with van der Waals surface area (Å²) in [7, 11) is 0. The molecule has 0 atom stereocenters. The highest BCUT2D eigenvalue weighted by Crippen LogP contribution is 2.20. The van der Waals surface area contributed by atoms with E-state index in [-0.39, 0.29) is 30.6 Å². The van der Waals surface area contributed by atoms with Gasteiger partial charge >= 0.3 is 0 Å². The van der Waals surface area contributed by atoms with Crippen LogP contribution in [0, 0.1) is 5.82 Å². The average molecular weight is 349 g/mol. The molecular formula is C18H18ClFN2O2. The number of nitrogens with zero attached hydrogens (tertiary/aromatic N) is 1. The zero-order valence-corrected chi connectivity index (χ0v) is 14.0. The van der Waals surface area contributed by atoms with E-state index in [2.05, 4.69) is 5.32 Å². The minimum absolute atomic E-state index is 0.145. The van der Waals surface area contributed by atoms with Gasteiger partial charge in [-0.05, 0) is 29.8 Å². The molecule has 0 aliphatic heterocycles. The molecule has 0 saturated heterocycles. The maximum Gasteiger partial charge on any atom is 0.226 e. The number of hydrogen-bond donors (Lipinski definition) is 1. The van der Waals surface area contributed by atoms with Crippen LogP contribution in [0.15, 0.2) is 48.5 Å². The topological polar surface area (TPSA) is 49.4 Å². The van der Waals surface area contributed by atoms with Gasteiger partial charge in [-0.1, -0.05) is 35.9 Å². The number of benzene rings is 2. The molecule has 2 aromatic rings. The van der Waals surface area contributed by atoms with Crippen LogP contribution in [-0.4, -0.2) is 23.3 Å². The van der Waals surface area contributed by atoms with E-state index in [1.165, 1.54) is 19.1 Å². The second kappa shape index (κ2) is 8.45. The predicted molar refractivity (Wildman–Crippen MR) is 92.2 cm³/mol. The molecule has 2 rings (SSSR count). The molecule has 0 aliphatic carbocycles. The van der Waals surface area contributed by atoms with Crippen molar-refractivity contribution in [3.8, 4) is 0 Å². The summed E-state index contributed by atoms with van der Waals surface area (Å²) in [5.74, 6) is -0.703. The van der Waals surface area contributed by atoms with Crippen LogP contribution in [-0.2, 0) is 16.1 Å². The molecule has 0 radical (unpaired) electrons. The smallest absolute Gasteiger partial charge is 0.226 e. The normalized spacial score (nSPS) is 10.3. The summed E-state index contributed by atoms with van der Waals surface area (Å²) in [5, 5.41) is 3.18. The Bertz CT molecular complexity index is 719.